The van der Waals surface area contributed by atoms with Gasteiger partial charge in [0.25, 0.3) is 11.8 Å². The first-order chi connectivity index (χ1) is 14.0. The lowest BCUT2D eigenvalue weighted by Gasteiger charge is -2.16. The van der Waals surface area contributed by atoms with Gasteiger partial charge in [-0.05, 0) is 36.8 Å². The lowest BCUT2D eigenvalue weighted by molar-refractivity contribution is 0.0940. The summed E-state index contributed by atoms with van der Waals surface area (Å²) in [5, 5.41) is 6.97. The zero-order chi connectivity index (χ0) is 22.1. The van der Waals surface area contributed by atoms with Gasteiger partial charge in [-0.3, -0.25) is 4.79 Å². The molecule has 30 heavy (non-hydrogen) atoms. The van der Waals surface area contributed by atoms with Crippen LogP contribution in [-0.4, -0.2) is 30.7 Å². The topological polar surface area (TPSA) is 102 Å². The summed E-state index contributed by atoms with van der Waals surface area (Å²) >= 11 is 0. The van der Waals surface area contributed by atoms with Crippen LogP contribution in [0.25, 0.3) is 11.5 Å². The Hall–Kier alpha value is -3.00. The second-order valence-corrected chi connectivity index (χ2v) is 10.3. The van der Waals surface area contributed by atoms with Crippen molar-refractivity contribution in [3.8, 4) is 11.5 Å². The smallest absolute Gasteiger partial charge is 0.258 e. The molecule has 1 unspecified atom stereocenters. The molecule has 1 N–H and O–H groups in total. The number of carbonyl (C=O) groups is 1. The van der Waals surface area contributed by atoms with Gasteiger partial charge in [0.15, 0.2) is 15.7 Å². The zero-order valence-corrected chi connectivity index (χ0v) is 18.4. The van der Waals surface area contributed by atoms with E-state index in [2.05, 4.69) is 15.5 Å². The molecule has 1 aromatic heterocycles. The molecule has 0 aliphatic carbocycles. The molecular formula is C22H25N3O4S. The Bertz CT molecular complexity index is 1160. The molecule has 3 aromatic rings. The first kappa shape index (κ1) is 21.7. The highest BCUT2D eigenvalue weighted by Crippen LogP contribution is 2.26. The molecule has 1 heterocycles. The molecule has 0 saturated heterocycles. The van der Waals surface area contributed by atoms with Crippen LogP contribution in [0.5, 0.6) is 0 Å². The summed E-state index contributed by atoms with van der Waals surface area (Å²) in [7, 11) is -3.27. The molecule has 0 bridgehead atoms. The third-order valence-corrected chi connectivity index (χ3v) is 5.78. The van der Waals surface area contributed by atoms with Crippen molar-refractivity contribution >= 4 is 15.7 Å². The Kier molecular flexibility index (Phi) is 5.81. The number of aromatic nitrogens is 2. The minimum Gasteiger partial charge on any atom is -0.345 e. The predicted octanol–water partition coefficient (Wildman–Crippen LogP) is 3.93. The molecule has 1 atom stereocenters. The van der Waals surface area contributed by atoms with Gasteiger partial charge in [-0.1, -0.05) is 50.2 Å². The van der Waals surface area contributed by atoms with E-state index in [1.165, 1.54) is 12.1 Å². The van der Waals surface area contributed by atoms with Gasteiger partial charge in [0.1, 0.15) is 0 Å². The number of nitrogens with one attached hydrogen (secondary N) is 1. The highest BCUT2D eigenvalue weighted by atomic mass is 32.2. The van der Waals surface area contributed by atoms with E-state index < -0.39 is 9.84 Å². The van der Waals surface area contributed by atoms with E-state index in [9.17, 15) is 13.2 Å². The van der Waals surface area contributed by atoms with Crippen molar-refractivity contribution in [1.29, 1.82) is 0 Å². The maximum Gasteiger partial charge on any atom is 0.258 e. The standard InChI is InChI=1S/C22H25N3O4S/c1-14(15-10-12-16(13-11-15)30(5,27)28)23-19(26)17-8-6-7-9-18(17)20-24-21(25-29-20)22(2,3)4/h6-14H,1-5H3,(H,23,26). The molecule has 0 radical (unpaired) electrons. The van der Waals surface area contributed by atoms with Crippen molar-refractivity contribution < 1.29 is 17.7 Å². The van der Waals surface area contributed by atoms with Crippen LogP contribution in [0.4, 0.5) is 0 Å². The Labute approximate surface area is 176 Å². The number of hydrogen-bond donors (Lipinski definition) is 1. The van der Waals surface area contributed by atoms with E-state index >= 15 is 0 Å². The van der Waals surface area contributed by atoms with Crippen LogP contribution in [0.2, 0.25) is 0 Å². The Morgan fingerprint density at radius 3 is 2.27 bits per heavy atom. The number of sulfone groups is 1. The van der Waals surface area contributed by atoms with Crippen LogP contribution >= 0.6 is 0 Å². The van der Waals surface area contributed by atoms with E-state index in [0.717, 1.165) is 11.8 Å². The van der Waals surface area contributed by atoms with Gasteiger partial charge in [-0.15, -0.1) is 0 Å². The molecule has 0 fully saturated rings. The molecule has 0 aliphatic rings. The van der Waals surface area contributed by atoms with Crippen LogP contribution in [-0.2, 0) is 15.3 Å². The van der Waals surface area contributed by atoms with Gasteiger partial charge in [0, 0.05) is 11.7 Å². The molecule has 1 amide bonds. The largest absolute Gasteiger partial charge is 0.345 e. The molecule has 7 nitrogen and oxygen atoms in total. The van der Waals surface area contributed by atoms with E-state index in [1.54, 1.807) is 36.4 Å². The second-order valence-electron chi connectivity index (χ2n) is 8.26. The van der Waals surface area contributed by atoms with Crippen molar-refractivity contribution in [2.45, 2.75) is 44.0 Å². The molecule has 2 aromatic carbocycles. The normalized spacial score (nSPS) is 13.1. The van der Waals surface area contributed by atoms with Gasteiger partial charge in [0.05, 0.1) is 22.1 Å². The van der Waals surface area contributed by atoms with Crippen molar-refractivity contribution in [2.24, 2.45) is 0 Å². The summed E-state index contributed by atoms with van der Waals surface area (Å²) in [5.74, 6) is 0.559. The number of rotatable bonds is 5. The maximum atomic E-state index is 13.0. The third kappa shape index (κ3) is 4.76. The SMILES string of the molecule is CC(NC(=O)c1ccccc1-c1nc(C(C)(C)C)no1)c1ccc(S(C)(=O)=O)cc1. The Morgan fingerprint density at radius 1 is 1.07 bits per heavy atom. The predicted molar refractivity (Wildman–Crippen MR) is 114 cm³/mol. The first-order valence-corrected chi connectivity index (χ1v) is 11.4. The summed E-state index contributed by atoms with van der Waals surface area (Å²) in [6.07, 6.45) is 1.16. The van der Waals surface area contributed by atoms with Gasteiger partial charge in [-0.25, -0.2) is 8.42 Å². The van der Waals surface area contributed by atoms with Crippen LogP contribution < -0.4 is 5.32 Å². The summed E-state index contributed by atoms with van der Waals surface area (Å²) in [5.41, 5.74) is 1.49. The number of amides is 1. The molecular weight excluding hydrogens is 402 g/mol. The number of hydrogen-bond acceptors (Lipinski definition) is 6. The average molecular weight is 428 g/mol. The second kappa shape index (κ2) is 8.02. The molecule has 158 valence electrons. The summed E-state index contributed by atoms with van der Waals surface area (Å²) in [6, 6.07) is 13.2. The van der Waals surface area contributed by atoms with Crippen molar-refractivity contribution in [3.05, 3.63) is 65.5 Å². The number of nitrogens with zero attached hydrogens (tertiary/aromatic N) is 2. The van der Waals surface area contributed by atoms with Crippen LogP contribution in [0, 0.1) is 0 Å². The lowest BCUT2D eigenvalue weighted by atomic mass is 9.96. The maximum absolute atomic E-state index is 13.0. The molecule has 8 heteroatoms. The fourth-order valence-electron chi connectivity index (χ4n) is 2.87. The quantitative estimate of drug-likeness (QED) is 0.662. The van der Waals surface area contributed by atoms with Crippen LogP contribution in [0.1, 0.15) is 55.5 Å². The van der Waals surface area contributed by atoms with Crippen LogP contribution in [0.15, 0.2) is 57.9 Å². The molecule has 0 aliphatic heterocycles. The van der Waals surface area contributed by atoms with Gasteiger partial charge >= 0.3 is 0 Å². The summed E-state index contributed by atoms with van der Waals surface area (Å²) < 4.78 is 28.7. The van der Waals surface area contributed by atoms with Gasteiger partial charge < -0.3 is 9.84 Å². The van der Waals surface area contributed by atoms with Crippen molar-refractivity contribution in [3.63, 3.8) is 0 Å². The highest BCUT2D eigenvalue weighted by molar-refractivity contribution is 7.90. The Morgan fingerprint density at radius 2 is 1.70 bits per heavy atom. The summed E-state index contributed by atoms with van der Waals surface area (Å²) in [4.78, 5) is 17.6. The van der Waals surface area contributed by atoms with Crippen molar-refractivity contribution in [1.82, 2.24) is 15.5 Å². The molecule has 0 saturated carbocycles. The Balaban J connectivity index is 1.83. The minimum absolute atomic E-state index is 0.237. The number of carbonyl (C=O) groups excluding carboxylic acids is 1. The lowest BCUT2D eigenvalue weighted by Crippen LogP contribution is -2.27. The average Bonchev–Trinajstić information content (AvgIpc) is 3.18. The third-order valence-electron chi connectivity index (χ3n) is 4.65. The molecule has 0 spiro atoms. The van der Waals surface area contributed by atoms with Crippen molar-refractivity contribution in [2.75, 3.05) is 6.26 Å². The van der Waals surface area contributed by atoms with Crippen LogP contribution in [0.3, 0.4) is 0 Å². The minimum atomic E-state index is -3.27. The summed E-state index contributed by atoms with van der Waals surface area (Å²) in [6.45, 7) is 7.78. The van der Waals surface area contributed by atoms with E-state index in [4.69, 9.17) is 4.52 Å². The molecule has 3 rings (SSSR count). The van der Waals surface area contributed by atoms with Gasteiger partial charge in [0.2, 0.25) is 0 Å². The fraction of sp³-hybridized carbons (Fsp3) is 0.318. The van der Waals surface area contributed by atoms with E-state index in [-0.39, 0.29) is 28.2 Å². The number of benzene rings is 2. The van der Waals surface area contributed by atoms with E-state index in [1.807, 2.05) is 27.7 Å². The monoisotopic (exact) mass is 427 g/mol. The first-order valence-electron chi connectivity index (χ1n) is 9.51. The fourth-order valence-corrected chi connectivity index (χ4v) is 3.50. The van der Waals surface area contributed by atoms with Gasteiger partial charge in [-0.2, -0.15) is 4.98 Å². The van der Waals surface area contributed by atoms with E-state index in [0.29, 0.717) is 17.0 Å². The highest BCUT2D eigenvalue weighted by Gasteiger charge is 2.24. The zero-order valence-electron chi connectivity index (χ0n) is 17.6.